The molecule has 0 aliphatic heterocycles. The van der Waals surface area contributed by atoms with Crippen molar-refractivity contribution in [1.82, 2.24) is 4.57 Å². The fraction of sp³-hybridized carbons (Fsp3) is 0.429. The van der Waals surface area contributed by atoms with Crippen LogP contribution in [0.25, 0.3) is 10.9 Å². The van der Waals surface area contributed by atoms with Gasteiger partial charge in [0.2, 0.25) is 0 Å². The van der Waals surface area contributed by atoms with Crippen molar-refractivity contribution in [3.8, 4) is 5.75 Å². The van der Waals surface area contributed by atoms with Crippen LogP contribution in [0.1, 0.15) is 25.0 Å². The third-order valence-corrected chi connectivity index (χ3v) is 3.53. The summed E-state index contributed by atoms with van der Waals surface area (Å²) in [6.45, 7) is 3.19. The molecule has 0 saturated heterocycles. The predicted molar refractivity (Wildman–Crippen MR) is 77.8 cm³/mol. The van der Waals surface area contributed by atoms with Gasteiger partial charge in [0.15, 0.2) is 0 Å². The van der Waals surface area contributed by atoms with Crippen LogP contribution in [0.3, 0.4) is 0 Å². The van der Waals surface area contributed by atoms with E-state index in [1.807, 2.05) is 18.3 Å². The maximum absolute atomic E-state index is 9.88. The molecule has 1 unspecified atom stereocenters. The summed E-state index contributed by atoms with van der Waals surface area (Å²) < 4.78 is 7.31. The highest BCUT2D eigenvalue weighted by molar-refractivity contribution is 6.32. The van der Waals surface area contributed by atoms with Crippen molar-refractivity contribution in [3.05, 3.63) is 28.9 Å². The first kappa shape index (κ1) is 14.2. The topological polar surface area (TPSA) is 60.4 Å². The van der Waals surface area contributed by atoms with E-state index in [0.717, 1.165) is 29.4 Å². The highest BCUT2D eigenvalue weighted by Crippen LogP contribution is 2.34. The molecule has 0 radical (unpaired) electrons. The van der Waals surface area contributed by atoms with E-state index in [0.29, 0.717) is 17.3 Å². The van der Waals surface area contributed by atoms with Crippen LogP contribution >= 0.6 is 11.6 Å². The van der Waals surface area contributed by atoms with E-state index in [2.05, 4.69) is 4.57 Å². The first-order valence-electron chi connectivity index (χ1n) is 6.33. The summed E-state index contributed by atoms with van der Waals surface area (Å²) in [7, 11) is 1.58. The second kappa shape index (κ2) is 5.82. The lowest BCUT2D eigenvalue weighted by atomic mass is 10.1. The minimum atomic E-state index is -0.535. The van der Waals surface area contributed by atoms with E-state index in [1.54, 1.807) is 14.0 Å². The zero-order valence-electron chi connectivity index (χ0n) is 11.2. The number of aryl methyl sites for hydroxylation is 1. The molecule has 19 heavy (non-hydrogen) atoms. The van der Waals surface area contributed by atoms with Gasteiger partial charge in [0.25, 0.3) is 0 Å². The van der Waals surface area contributed by atoms with E-state index in [9.17, 15) is 5.11 Å². The number of rotatable bonds is 5. The van der Waals surface area contributed by atoms with Crippen molar-refractivity contribution in [2.24, 2.45) is 5.73 Å². The van der Waals surface area contributed by atoms with Crippen molar-refractivity contribution in [2.75, 3.05) is 13.7 Å². The first-order chi connectivity index (χ1) is 9.08. The van der Waals surface area contributed by atoms with Gasteiger partial charge in [0, 0.05) is 23.7 Å². The number of nitrogens with two attached hydrogens (primary N) is 1. The van der Waals surface area contributed by atoms with Crippen molar-refractivity contribution in [1.29, 1.82) is 0 Å². The molecule has 0 spiro atoms. The number of benzene rings is 1. The molecule has 4 nitrogen and oxygen atoms in total. The summed E-state index contributed by atoms with van der Waals surface area (Å²) in [6.07, 6.45) is 2.31. The molecule has 0 bridgehead atoms. The predicted octanol–water partition coefficient (Wildman–Crippen LogP) is 2.71. The molecule has 1 aromatic carbocycles. The van der Waals surface area contributed by atoms with Crippen molar-refractivity contribution in [3.63, 3.8) is 0 Å². The van der Waals surface area contributed by atoms with E-state index < -0.39 is 6.10 Å². The van der Waals surface area contributed by atoms with E-state index in [4.69, 9.17) is 22.1 Å². The molecular weight excluding hydrogens is 264 g/mol. The third kappa shape index (κ3) is 2.71. The molecule has 0 saturated carbocycles. The fourth-order valence-corrected chi connectivity index (χ4v) is 2.49. The summed E-state index contributed by atoms with van der Waals surface area (Å²) >= 11 is 6.17. The number of hydrogen-bond donors (Lipinski definition) is 2. The highest BCUT2D eigenvalue weighted by atomic mass is 35.5. The fourth-order valence-electron chi connectivity index (χ4n) is 2.25. The number of nitrogens with zero attached hydrogens (tertiary/aromatic N) is 1. The van der Waals surface area contributed by atoms with Crippen LogP contribution in [0.4, 0.5) is 0 Å². The van der Waals surface area contributed by atoms with E-state index >= 15 is 0 Å². The molecule has 1 aromatic heterocycles. The second-order valence-corrected chi connectivity index (χ2v) is 5.01. The van der Waals surface area contributed by atoms with Crippen LogP contribution in [-0.4, -0.2) is 23.3 Å². The molecule has 1 atom stereocenters. The van der Waals surface area contributed by atoms with Gasteiger partial charge in [-0.2, -0.15) is 0 Å². The molecule has 104 valence electrons. The standard InChI is InChI=1S/C14H19ClN2O2/c1-9(18)11-8-17(5-3-4-16)13-7-12(15)14(19-2)6-10(11)13/h6-9,18H,3-5,16H2,1-2H3. The normalized spacial score (nSPS) is 12.9. The zero-order valence-corrected chi connectivity index (χ0v) is 11.9. The average Bonchev–Trinajstić information content (AvgIpc) is 2.73. The lowest BCUT2D eigenvalue weighted by Gasteiger charge is -2.07. The number of fused-ring (bicyclic) bond motifs is 1. The second-order valence-electron chi connectivity index (χ2n) is 4.60. The number of halogens is 1. The Kier molecular flexibility index (Phi) is 4.34. The zero-order chi connectivity index (χ0) is 14.0. The van der Waals surface area contributed by atoms with Gasteiger partial charge >= 0.3 is 0 Å². The van der Waals surface area contributed by atoms with Gasteiger partial charge in [-0.3, -0.25) is 0 Å². The first-order valence-corrected chi connectivity index (χ1v) is 6.70. The number of aliphatic hydroxyl groups excluding tert-OH is 1. The number of aromatic nitrogens is 1. The molecule has 0 fully saturated rings. The van der Waals surface area contributed by atoms with Gasteiger partial charge in [-0.05, 0) is 32.0 Å². The maximum Gasteiger partial charge on any atom is 0.138 e. The monoisotopic (exact) mass is 282 g/mol. The lowest BCUT2D eigenvalue weighted by Crippen LogP contribution is -2.04. The number of aliphatic hydroxyl groups is 1. The molecule has 1 heterocycles. The molecule has 0 aliphatic rings. The van der Waals surface area contributed by atoms with Gasteiger partial charge < -0.3 is 20.1 Å². The Morgan fingerprint density at radius 3 is 2.79 bits per heavy atom. The van der Waals surface area contributed by atoms with Gasteiger partial charge in [0.05, 0.1) is 23.8 Å². The van der Waals surface area contributed by atoms with Crippen molar-refractivity contribution >= 4 is 22.5 Å². The number of hydrogen-bond acceptors (Lipinski definition) is 3. The van der Waals surface area contributed by atoms with Crippen LogP contribution in [0.2, 0.25) is 5.02 Å². The Bertz CT molecular complexity index is 578. The van der Waals surface area contributed by atoms with Crippen molar-refractivity contribution in [2.45, 2.75) is 26.0 Å². The van der Waals surface area contributed by atoms with Crippen LogP contribution in [0.15, 0.2) is 18.3 Å². The molecule has 2 rings (SSSR count). The summed E-state index contributed by atoms with van der Waals surface area (Å²) in [4.78, 5) is 0. The minimum absolute atomic E-state index is 0.535. The van der Waals surface area contributed by atoms with Crippen LogP contribution in [0.5, 0.6) is 5.75 Å². The third-order valence-electron chi connectivity index (χ3n) is 3.24. The Labute approximate surface area is 117 Å². The smallest absolute Gasteiger partial charge is 0.138 e. The summed E-state index contributed by atoms with van der Waals surface area (Å²) in [6, 6.07) is 3.75. The molecule has 3 N–H and O–H groups in total. The van der Waals surface area contributed by atoms with Gasteiger partial charge in [-0.25, -0.2) is 0 Å². The maximum atomic E-state index is 9.88. The Hall–Kier alpha value is -1.23. The average molecular weight is 283 g/mol. The van der Waals surface area contributed by atoms with E-state index in [1.165, 1.54) is 0 Å². The van der Waals surface area contributed by atoms with Crippen LogP contribution in [-0.2, 0) is 6.54 Å². The Morgan fingerprint density at radius 1 is 1.47 bits per heavy atom. The van der Waals surface area contributed by atoms with Gasteiger partial charge in [0.1, 0.15) is 5.75 Å². The Morgan fingerprint density at radius 2 is 2.21 bits per heavy atom. The number of methoxy groups -OCH3 is 1. The molecule has 5 heteroatoms. The minimum Gasteiger partial charge on any atom is -0.495 e. The van der Waals surface area contributed by atoms with Crippen LogP contribution < -0.4 is 10.5 Å². The quantitative estimate of drug-likeness (QED) is 0.886. The lowest BCUT2D eigenvalue weighted by molar-refractivity contribution is 0.200. The molecule has 0 amide bonds. The molecule has 0 aliphatic carbocycles. The molecular formula is C14H19ClN2O2. The van der Waals surface area contributed by atoms with Gasteiger partial charge in [-0.15, -0.1) is 0 Å². The van der Waals surface area contributed by atoms with Crippen LogP contribution in [0, 0.1) is 0 Å². The summed E-state index contributed by atoms with van der Waals surface area (Å²) in [5, 5.41) is 11.4. The summed E-state index contributed by atoms with van der Waals surface area (Å²) in [5.41, 5.74) is 7.43. The SMILES string of the molecule is COc1cc2c(C(C)O)cn(CCCN)c2cc1Cl. The summed E-state index contributed by atoms with van der Waals surface area (Å²) in [5.74, 6) is 0.618. The number of ether oxygens (including phenoxy) is 1. The largest absolute Gasteiger partial charge is 0.495 e. The Balaban J connectivity index is 2.61. The van der Waals surface area contributed by atoms with Crippen molar-refractivity contribution < 1.29 is 9.84 Å². The van der Waals surface area contributed by atoms with E-state index in [-0.39, 0.29) is 0 Å². The molecule has 2 aromatic rings. The van der Waals surface area contributed by atoms with Gasteiger partial charge in [-0.1, -0.05) is 11.6 Å². The highest BCUT2D eigenvalue weighted by Gasteiger charge is 2.15.